The van der Waals surface area contributed by atoms with Gasteiger partial charge in [-0.1, -0.05) is 6.07 Å². The zero-order valence-corrected chi connectivity index (χ0v) is 7.75. The van der Waals surface area contributed by atoms with Crippen LogP contribution in [0, 0.1) is 11.3 Å². The number of nitrogens with zero attached hydrogens (tertiary/aromatic N) is 4. The van der Waals surface area contributed by atoms with Crippen LogP contribution in [-0.4, -0.2) is 14.8 Å². The van der Waals surface area contributed by atoms with Crippen molar-refractivity contribution in [2.75, 3.05) is 0 Å². The molecule has 0 amide bonds. The summed E-state index contributed by atoms with van der Waals surface area (Å²) in [5.41, 5.74) is 2.30. The monoisotopic (exact) mass is 194 g/mol. The summed E-state index contributed by atoms with van der Waals surface area (Å²) in [5.74, 6) is 0. The average Bonchev–Trinajstić information content (AvgIpc) is 2.67. The molecule has 70 valence electrons. The van der Waals surface area contributed by atoms with E-state index in [1.807, 2.05) is 24.3 Å². The summed E-state index contributed by atoms with van der Waals surface area (Å²) in [6, 6.07) is 11.4. The second-order valence-electron chi connectivity index (χ2n) is 3.21. The van der Waals surface area contributed by atoms with Gasteiger partial charge in [0, 0.05) is 11.6 Å². The van der Waals surface area contributed by atoms with Gasteiger partial charge in [-0.15, -0.1) is 5.10 Å². The molecule has 15 heavy (non-hydrogen) atoms. The van der Waals surface area contributed by atoms with E-state index in [0.29, 0.717) is 5.56 Å². The zero-order valence-electron chi connectivity index (χ0n) is 7.75. The van der Waals surface area contributed by atoms with Gasteiger partial charge in [-0.2, -0.15) is 15.0 Å². The number of nitriles is 1. The molecular formula is C11H6N4. The van der Waals surface area contributed by atoms with Gasteiger partial charge >= 0.3 is 0 Å². The van der Waals surface area contributed by atoms with E-state index in [4.69, 9.17) is 5.26 Å². The van der Waals surface area contributed by atoms with E-state index >= 15 is 0 Å². The van der Waals surface area contributed by atoms with Gasteiger partial charge in [0.25, 0.3) is 0 Å². The number of benzene rings is 1. The van der Waals surface area contributed by atoms with Crippen LogP contribution in [0.3, 0.4) is 0 Å². The predicted octanol–water partition coefficient (Wildman–Crippen LogP) is 1.75. The molecule has 4 heteroatoms. The van der Waals surface area contributed by atoms with E-state index in [0.717, 1.165) is 16.4 Å². The van der Waals surface area contributed by atoms with Gasteiger partial charge in [0.2, 0.25) is 0 Å². The van der Waals surface area contributed by atoms with Crippen LogP contribution >= 0.6 is 0 Å². The first-order chi connectivity index (χ1) is 7.40. The normalized spacial score (nSPS) is 10.6. The van der Waals surface area contributed by atoms with Gasteiger partial charge in [0.05, 0.1) is 22.7 Å². The first-order valence-electron chi connectivity index (χ1n) is 4.53. The largest absolute Gasteiger partial charge is 0.192 e. The topological polar surface area (TPSA) is 54.0 Å². The Morgan fingerprint density at radius 1 is 1.20 bits per heavy atom. The Morgan fingerprint density at radius 3 is 3.00 bits per heavy atom. The van der Waals surface area contributed by atoms with Crippen LogP contribution in [0.1, 0.15) is 5.56 Å². The molecule has 0 aliphatic heterocycles. The Kier molecular flexibility index (Phi) is 1.48. The number of aromatic nitrogens is 3. The van der Waals surface area contributed by atoms with Crippen molar-refractivity contribution in [3.63, 3.8) is 0 Å². The SMILES string of the molecule is N#Cc1cccc2nn3ncccc3c12. The minimum absolute atomic E-state index is 0.635. The molecule has 0 N–H and O–H groups in total. The van der Waals surface area contributed by atoms with E-state index in [2.05, 4.69) is 16.3 Å². The van der Waals surface area contributed by atoms with Gasteiger partial charge in [-0.05, 0) is 24.3 Å². The Bertz CT molecular complexity index is 690. The van der Waals surface area contributed by atoms with Gasteiger partial charge in [0.15, 0.2) is 0 Å². The smallest absolute Gasteiger partial charge is 0.0999 e. The summed E-state index contributed by atoms with van der Waals surface area (Å²) in [6.45, 7) is 0. The quantitative estimate of drug-likeness (QED) is 0.547. The second kappa shape index (κ2) is 2.79. The summed E-state index contributed by atoms with van der Waals surface area (Å²) >= 11 is 0. The molecule has 0 aliphatic rings. The third-order valence-electron chi connectivity index (χ3n) is 2.35. The molecule has 0 atom stereocenters. The third-order valence-corrected chi connectivity index (χ3v) is 2.35. The highest BCUT2D eigenvalue weighted by Crippen LogP contribution is 2.21. The van der Waals surface area contributed by atoms with Crippen LogP contribution in [0.5, 0.6) is 0 Å². The van der Waals surface area contributed by atoms with Crippen LogP contribution in [0.2, 0.25) is 0 Å². The molecule has 0 aliphatic carbocycles. The van der Waals surface area contributed by atoms with Crippen LogP contribution in [0.4, 0.5) is 0 Å². The lowest BCUT2D eigenvalue weighted by Crippen LogP contribution is -1.89. The first-order valence-corrected chi connectivity index (χ1v) is 4.53. The van der Waals surface area contributed by atoms with Crippen LogP contribution in [-0.2, 0) is 0 Å². The van der Waals surface area contributed by atoms with Gasteiger partial charge < -0.3 is 0 Å². The van der Waals surface area contributed by atoms with Crippen LogP contribution < -0.4 is 0 Å². The molecule has 0 bridgehead atoms. The number of rotatable bonds is 0. The third kappa shape index (κ3) is 1.00. The molecule has 2 heterocycles. The molecule has 3 rings (SSSR count). The Balaban J connectivity index is 2.64. The molecule has 0 spiro atoms. The van der Waals surface area contributed by atoms with Crippen molar-refractivity contribution >= 4 is 16.4 Å². The van der Waals surface area contributed by atoms with Gasteiger partial charge in [-0.25, -0.2) is 0 Å². The standard InChI is InChI=1S/C11H6N4/c12-7-8-3-1-4-9-11(8)10-5-2-6-13-15(10)14-9/h1-6H. The van der Waals surface area contributed by atoms with E-state index in [9.17, 15) is 0 Å². The average molecular weight is 194 g/mol. The highest BCUT2D eigenvalue weighted by atomic mass is 15.4. The molecule has 0 radical (unpaired) electrons. The first kappa shape index (κ1) is 7.94. The minimum Gasteiger partial charge on any atom is -0.192 e. The van der Waals surface area contributed by atoms with Crippen molar-refractivity contribution < 1.29 is 0 Å². The van der Waals surface area contributed by atoms with E-state index in [1.165, 1.54) is 0 Å². The predicted molar refractivity (Wildman–Crippen MR) is 55.2 cm³/mol. The number of hydrogen-bond acceptors (Lipinski definition) is 3. The lowest BCUT2D eigenvalue weighted by atomic mass is 10.1. The summed E-state index contributed by atoms with van der Waals surface area (Å²) in [5, 5.41) is 18.2. The lowest BCUT2D eigenvalue weighted by molar-refractivity contribution is 0.811. The summed E-state index contributed by atoms with van der Waals surface area (Å²) in [6.07, 6.45) is 1.67. The Labute approximate surface area is 85.4 Å². The van der Waals surface area contributed by atoms with E-state index in [-0.39, 0.29) is 0 Å². The number of fused-ring (bicyclic) bond motifs is 3. The molecule has 4 nitrogen and oxygen atoms in total. The molecule has 0 unspecified atom stereocenters. The van der Waals surface area contributed by atoms with Crippen molar-refractivity contribution in [2.24, 2.45) is 0 Å². The molecule has 0 fully saturated rings. The van der Waals surface area contributed by atoms with Crippen LogP contribution in [0.15, 0.2) is 36.5 Å². The minimum atomic E-state index is 0.635. The van der Waals surface area contributed by atoms with Crippen molar-refractivity contribution in [3.05, 3.63) is 42.1 Å². The summed E-state index contributed by atoms with van der Waals surface area (Å²) < 4.78 is 1.55. The summed E-state index contributed by atoms with van der Waals surface area (Å²) in [4.78, 5) is 0. The maximum atomic E-state index is 9.01. The Hall–Kier alpha value is -2.41. The van der Waals surface area contributed by atoms with Gasteiger partial charge in [-0.3, -0.25) is 0 Å². The molecule has 1 aromatic carbocycles. The molecule has 2 aromatic heterocycles. The highest BCUT2D eigenvalue weighted by Gasteiger charge is 2.08. The molecule has 3 aromatic rings. The van der Waals surface area contributed by atoms with Crippen molar-refractivity contribution in [3.8, 4) is 6.07 Å². The lowest BCUT2D eigenvalue weighted by Gasteiger charge is -1.91. The number of hydrogen-bond donors (Lipinski definition) is 0. The zero-order chi connectivity index (χ0) is 10.3. The second-order valence-corrected chi connectivity index (χ2v) is 3.21. The van der Waals surface area contributed by atoms with Crippen molar-refractivity contribution in [1.29, 1.82) is 5.26 Å². The van der Waals surface area contributed by atoms with E-state index < -0.39 is 0 Å². The fraction of sp³-hybridized carbons (Fsp3) is 0. The van der Waals surface area contributed by atoms with Crippen molar-refractivity contribution in [1.82, 2.24) is 14.8 Å². The van der Waals surface area contributed by atoms with Gasteiger partial charge in [0.1, 0.15) is 0 Å². The fourth-order valence-corrected chi connectivity index (χ4v) is 1.72. The molecule has 0 saturated heterocycles. The van der Waals surface area contributed by atoms with E-state index in [1.54, 1.807) is 16.9 Å². The van der Waals surface area contributed by atoms with Crippen molar-refractivity contribution in [2.45, 2.75) is 0 Å². The highest BCUT2D eigenvalue weighted by molar-refractivity contribution is 5.98. The fourth-order valence-electron chi connectivity index (χ4n) is 1.72. The van der Waals surface area contributed by atoms with Crippen LogP contribution in [0.25, 0.3) is 16.4 Å². The maximum Gasteiger partial charge on any atom is 0.0999 e. The maximum absolute atomic E-state index is 9.01. The summed E-state index contributed by atoms with van der Waals surface area (Å²) in [7, 11) is 0. The molecule has 0 saturated carbocycles. The Morgan fingerprint density at radius 2 is 2.13 bits per heavy atom. The molecular weight excluding hydrogens is 188 g/mol.